The van der Waals surface area contributed by atoms with Crippen LogP contribution in [0.5, 0.6) is 11.6 Å². The van der Waals surface area contributed by atoms with Crippen LogP contribution in [0, 0.1) is 11.6 Å². The molecule has 180 valence electrons. The summed E-state index contributed by atoms with van der Waals surface area (Å²) in [7, 11) is 1.47. The van der Waals surface area contributed by atoms with Crippen molar-refractivity contribution in [2.24, 2.45) is 0 Å². The summed E-state index contributed by atoms with van der Waals surface area (Å²) >= 11 is 3.29. The average molecular weight is 535 g/mol. The van der Waals surface area contributed by atoms with Crippen molar-refractivity contribution in [2.45, 2.75) is 19.7 Å². The Morgan fingerprint density at radius 3 is 2.32 bits per heavy atom. The first-order valence-electron chi connectivity index (χ1n) is 10.9. The van der Waals surface area contributed by atoms with Crippen LogP contribution in [0.2, 0.25) is 0 Å². The standard InChI is InChI=1S/C25H25BrF2N2O4/c1-32-23-13-22(34-16-19-6-7-20(27)12-21(19)28)24(26)25(31)30(23)15-18-4-2-17(3-5-18)14-29-8-10-33-11-9-29/h2-7,12-13H,8-11,14-16H2,1H3. The Labute approximate surface area is 204 Å². The Morgan fingerprint density at radius 2 is 1.68 bits per heavy atom. The molecule has 0 radical (unpaired) electrons. The molecule has 0 aliphatic carbocycles. The molecule has 0 saturated carbocycles. The first-order valence-corrected chi connectivity index (χ1v) is 11.7. The van der Waals surface area contributed by atoms with Gasteiger partial charge in [0, 0.05) is 37.3 Å². The van der Waals surface area contributed by atoms with Gasteiger partial charge in [-0.25, -0.2) is 8.78 Å². The number of aromatic nitrogens is 1. The average Bonchev–Trinajstić information content (AvgIpc) is 2.84. The van der Waals surface area contributed by atoms with E-state index in [-0.39, 0.29) is 28.0 Å². The number of rotatable bonds is 8. The second-order valence-corrected chi connectivity index (χ2v) is 8.78. The minimum atomic E-state index is -0.714. The number of halogens is 3. The predicted octanol–water partition coefficient (Wildman–Crippen LogP) is 4.36. The summed E-state index contributed by atoms with van der Waals surface area (Å²) in [6.45, 7) is 4.37. The van der Waals surface area contributed by atoms with E-state index in [4.69, 9.17) is 14.2 Å². The molecule has 2 aromatic carbocycles. The highest BCUT2D eigenvalue weighted by molar-refractivity contribution is 9.10. The van der Waals surface area contributed by atoms with Gasteiger partial charge in [0.1, 0.15) is 28.5 Å². The van der Waals surface area contributed by atoms with Gasteiger partial charge in [0.05, 0.1) is 26.9 Å². The molecule has 0 amide bonds. The highest BCUT2D eigenvalue weighted by Gasteiger charge is 2.17. The Bertz CT molecular complexity index is 1190. The Morgan fingerprint density at radius 1 is 1.00 bits per heavy atom. The van der Waals surface area contributed by atoms with E-state index >= 15 is 0 Å². The largest absolute Gasteiger partial charge is 0.487 e. The number of pyridine rings is 1. The van der Waals surface area contributed by atoms with Gasteiger partial charge in [-0.1, -0.05) is 24.3 Å². The number of ether oxygens (including phenoxy) is 3. The van der Waals surface area contributed by atoms with Crippen molar-refractivity contribution in [1.82, 2.24) is 9.47 Å². The van der Waals surface area contributed by atoms with Crippen molar-refractivity contribution in [2.75, 3.05) is 33.4 Å². The molecule has 34 heavy (non-hydrogen) atoms. The molecule has 0 bridgehead atoms. The van der Waals surface area contributed by atoms with Crippen LogP contribution >= 0.6 is 15.9 Å². The molecule has 1 saturated heterocycles. The zero-order valence-corrected chi connectivity index (χ0v) is 20.3. The van der Waals surface area contributed by atoms with Gasteiger partial charge >= 0.3 is 0 Å². The van der Waals surface area contributed by atoms with Gasteiger partial charge in [-0.2, -0.15) is 0 Å². The van der Waals surface area contributed by atoms with Crippen LogP contribution in [0.1, 0.15) is 16.7 Å². The van der Waals surface area contributed by atoms with Crippen LogP contribution in [0.3, 0.4) is 0 Å². The summed E-state index contributed by atoms with van der Waals surface area (Å²) < 4.78 is 45.2. The predicted molar refractivity (Wildman–Crippen MR) is 127 cm³/mol. The third-order valence-electron chi connectivity index (χ3n) is 5.65. The van der Waals surface area contributed by atoms with E-state index in [1.807, 2.05) is 12.1 Å². The third kappa shape index (κ3) is 5.84. The lowest BCUT2D eigenvalue weighted by molar-refractivity contribution is 0.0342. The fourth-order valence-electron chi connectivity index (χ4n) is 3.75. The van der Waals surface area contributed by atoms with Gasteiger partial charge in [-0.3, -0.25) is 14.3 Å². The second kappa shape index (κ2) is 11.1. The number of nitrogens with zero attached hydrogens (tertiary/aromatic N) is 2. The maximum atomic E-state index is 13.9. The maximum Gasteiger partial charge on any atom is 0.271 e. The lowest BCUT2D eigenvalue weighted by Crippen LogP contribution is -2.35. The van der Waals surface area contributed by atoms with Crippen LogP contribution in [0.25, 0.3) is 0 Å². The molecule has 2 heterocycles. The van der Waals surface area contributed by atoms with Crippen LogP contribution < -0.4 is 15.0 Å². The summed E-state index contributed by atoms with van der Waals surface area (Å²) in [5.74, 6) is -0.864. The molecule has 3 aromatic rings. The van der Waals surface area contributed by atoms with Crippen LogP contribution in [-0.2, 0) is 24.4 Å². The first kappa shape index (κ1) is 24.4. The van der Waals surface area contributed by atoms with Crippen LogP contribution in [-0.4, -0.2) is 42.9 Å². The van der Waals surface area contributed by atoms with E-state index in [0.717, 1.165) is 50.5 Å². The smallest absolute Gasteiger partial charge is 0.271 e. The van der Waals surface area contributed by atoms with E-state index in [9.17, 15) is 13.6 Å². The molecular weight excluding hydrogens is 510 g/mol. The zero-order valence-electron chi connectivity index (χ0n) is 18.7. The van der Waals surface area contributed by atoms with E-state index < -0.39 is 11.6 Å². The number of hydrogen-bond acceptors (Lipinski definition) is 5. The summed E-state index contributed by atoms with van der Waals surface area (Å²) in [4.78, 5) is 15.4. The molecule has 0 spiro atoms. The summed E-state index contributed by atoms with van der Waals surface area (Å²) in [6.07, 6.45) is 0. The number of methoxy groups -OCH3 is 1. The molecule has 0 unspecified atom stereocenters. The highest BCUT2D eigenvalue weighted by Crippen LogP contribution is 2.28. The van der Waals surface area contributed by atoms with Crippen molar-refractivity contribution < 1.29 is 23.0 Å². The van der Waals surface area contributed by atoms with Gasteiger partial charge in [0.15, 0.2) is 5.88 Å². The molecule has 1 aromatic heterocycles. The fraction of sp³-hybridized carbons (Fsp3) is 0.320. The van der Waals surface area contributed by atoms with Crippen molar-refractivity contribution in [3.63, 3.8) is 0 Å². The van der Waals surface area contributed by atoms with E-state index in [2.05, 4.69) is 33.0 Å². The zero-order chi connectivity index (χ0) is 24.1. The molecule has 0 N–H and O–H groups in total. The molecule has 6 nitrogen and oxygen atoms in total. The van der Waals surface area contributed by atoms with Gasteiger partial charge in [0.2, 0.25) is 0 Å². The fourth-order valence-corrected chi connectivity index (χ4v) is 4.19. The molecule has 4 rings (SSSR count). The molecule has 9 heteroatoms. The number of morpholine rings is 1. The van der Waals surface area contributed by atoms with Gasteiger partial charge in [0.25, 0.3) is 5.56 Å². The van der Waals surface area contributed by atoms with Crippen LogP contribution in [0.4, 0.5) is 8.78 Å². The normalized spacial score (nSPS) is 14.2. The number of benzene rings is 2. The quantitative estimate of drug-likeness (QED) is 0.430. The third-order valence-corrected chi connectivity index (χ3v) is 6.38. The van der Waals surface area contributed by atoms with Crippen molar-refractivity contribution in [3.8, 4) is 11.6 Å². The van der Waals surface area contributed by atoms with E-state index in [1.165, 1.54) is 23.3 Å². The van der Waals surface area contributed by atoms with Gasteiger partial charge in [-0.15, -0.1) is 0 Å². The monoisotopic (exact) mass is 534 g/mol. The summed E-state index contributed by atoms with van der Waals surface area (Å²) in [5, 5.41) is 0. The summed E-state index contributed by atoms with van der Waals surface area (Å²) in [6, 6.07) is 12.9. The molecule has 0 atom stereocenters. The lowest BCUT2D eigenvalue weighted by atomic mass is 10.1. The highest BCUT2D eigenvalue weighted by atomic mass is 79.9. The molecular formula is C25H25BrF2N2O4. The minimum Gasteiger partial charge on any atom is -0.487 e. The molecule has 1 aliphatic rings. The van der Waals surface area contributed by atoms with Crippen molar-refractivity contribution in [3.05, 3.63) is 91.7 Å². The Balaban J connectivity index is 1.48. The molecule has 1 fully saturated rings. The van der Waals surface area contributed by atoms with Crippen molar-refractivity contribution >= 4 is 15.9 Å². The topological polar surface area (TPSA) is 52.9 Å². The van der Waals surface area contributed by atoms with Gasteiger partial charge in [-0.05, 0) is 39.2 Å². The Hall–Kier alpha value is -2.75. The molecule has 1 aliphatic heterocycles. The van der Waals surface area contributed by atoms with Crippen LogP contribution in [0.15, 0.2) is 57.8 Å². The van der Waals surface area contributed by atoms with Gasteiger partial charge < -0.3 is 14.2 Å². The maximum absolute atomic E-state index is 13.9. The van der Waals surface area contributed by atoms with E-state index in [0.29, 0.717) is 12.4 Å². The summed E-state index contributed by atoms with van der Waals surface area (Å²) in [5.41, 5.74) is 1.97. The Kier molecular flexibility index (Phi) is 7.97. The number of hydrogen-bond donors (Lipinski definition) is 0. The first-order chi connectivity index (χ1) is 16.4. The SMILES string of the molecule is COc1cc(OCc2ccc(F)cc2F)c(Br)c(=O)n1Cc1ccc(CN2CCOCC2)cc1. The van der Waals surface area contributed by atoms with Crippen molar-refractivity contribution in [1.29, 1.82) is 0 Å². The lowest BCUT2D eigenvalue weighted by Gasteiger charge is -2.26. The minimum absolute atomic E-state index is 0.165. The van der Waals surface area contributed by atoms with E-state index in [1.54, 1.807) is 6.07 Å². The second-order valence-electron chi connectivity index (χ2n) is 7.99.